The summed E-state index contributed by atoms with van der Waals surface area (Å²) in [6.45, 7) is 2.25. The lowest BCUT2D eigenvalue weighted by Gasteiger charge is -2.34. The molecule has 0 spiro atoms. The molecular weight excluding hydrogens is 226 g/mol. The van der Waals surface area contributed by atoms with Gasteiger partial charge >= 0.3 is 0 Å². The highest BCUT2D eigenvalue weighted by atomic mass is 16.2. The molecule has 2 unspecified atom stereocenters. The Morgan fingerprint density at radius 3 is 2.94 bits per heavy atom. The largest absolute Gasteiger partial charge is 0.399 e. The van der Waals surface area contributed by atoms with Gasteiger partial charge < -0.3 is 10.6 Å². The van der Waals surface area contributed by atoms with Crippen LogP contribution >= 0.6 is 0 Å². The predicted molar refractivity (Wildman–Crippen MR) is 72.2 cm³/mol. The van der Waals surface area contributed by atoms with Gasteiger partial charge in [-0.05, 0) is 30.9 Å². The molecule has 4 heteroatoms. The molecule has 98 valence electrons. The van der Waals surface area contributed by atoms with Crippen molar-refractivity contribution in [2.75, 3.05) is 12.8 Å². The zero-order valence-electron chi connectivity index (χ0n) is 11.1. The summed E-state index contributed by atoms with van der Waals surface area (Å²) < 4.78 is 0. The van der Waals surface area contributed by atoms with Crippen molar-refractivity contribution >= 4 is 11.6 Å². The van der Waals surface area contributed by atoms with Crippen molar-refractivity contribution in [3.8, 4) is 0 Å². The number of hydrogen-bond donors (Lipinski definition) is 1. The zero-order valence-corrected chi connectivity index (χ0v) is 11.1. The van der Waals surface area contributed by atoms with Crippen LogP contribution in [0.15, 0.2) is 18.3 Å². The Kier molecular flexibility index (Phi) is 3.84. The van der Waals surface area contributed by atoms with Gasteiger partial charge in [-0.2, -0.15) is 0 Å². The normalized spacial score (nSPS) is 23.7. The lowest BCUT2D eigenvalue weighted by Crippen LogP contribution is -2.40. The molecule has 1 saturated carbocycles. The van der Waals surface area contributed by atoms with Crippen LogP contribution in [0.2, 0.25) is 0 Å². The number of anilines is 1. The minimum Gasteiger partial charge on any atom is -0.399 e. The summed E-state index contributed by atoms with van der Waals surface area (Å²) in [5, 5.41) is 0. The lowest BCUT2D eigenvalue weighted by molar-refractivity contribution is 0.0666. The van der Waals surface area contributed by atoms with E-state index >= 15 is 0 Å². The standard InChI is InChI=1S/C14H21N3O/c1-10-4-3-5-12(8-10)17(2)14(18)13-9-11(15)6-7-16-13/h6-7,9-10,12H,3-5,8H2,1-2H3,(H2,15,16). The number of carbonyl (C=O) groups excluding carboxylic acids is 1. The average Bonchev–Trinajstić information content (AvgIpc) is 2.37. The Morgan fingerprint density at radius 1 is 1.50 bits per heavy atom. The summed E-state index contributed by atoms with van der Waals surface area (Å²) >= 11 is 0. The molecule has 0 aliphatic heterocycles. The zero-order chi connectivity index (χ0) is 13.1. The van der Waals surface area contributed by atoms with Crippen LogP contribution in [-0.4, -0.2) is 28.9 Å². The number of nitrogens with zero attached hydrogens (tertiary/aromatic N) is 2. The van der Waals surface area contributed by atoms with Gasteiger partial charge in [0.05, 0.1) is 0 Å². The van der Waals surface area contributed by atoms with E-state index in [2.05, 4.69) is 11.9 Å². The average molecular weight is 247 g/mol. The first kappa shape index (κ1) is 12.9. The first-order chi connectivity index (χ1) is 8.58. The van der Waals surface area contributed by atoms with E-state index in [0.717, 1.165) is 12.8 Å². The van der Waals surface area contributed by atoms with Gasteiger partial charge in [-0.15, -0.1) is 0 Å². The first-order valence-corrected chi connectivity index (χ1v) is 6.56. The molecule has 1 fully saturated rings. The predicted octanol–water partition coefficient (Wildman–Crippen LogP) is 2.31. The highest BCUT2D eigenvalue weighted by molar-refractivity contribution is 5.93. The van der Waals surface area contributed by atoms with Crippen molar-refractivity contribution in [1.82, 2.24) is 9.88 Å². The molecule has 1 aromatic rings. The minimum atomic E-state index is -0.0265. The first-order valence-electron chi connectivity index (χ1n) is 6.56. The summed E-state index contributed by atoms with van der Waals surface area (Å²) in [7, 11) is 1.87. The molecule has 0 bridgehead atoms. The topological polar surface area (TPSA) is 59.2 Å². The van der Waals surface area contributed by atoms with E-state index < -0.39 is 0 Å². The third kappa shape index (κ3) is 2.81. The van der Waals surface area contributed by atoms with Gasteiger partial charge in [0.1, 0.15) is 5.69 Å². The summed E-state index contributed by atoms with van der Waals surface area (Å²) in [4.78, 5) is 18.2. The van der Waals surface area contributed by atoms with Crippen LogP contribution in [0.1, 0.15) is 43.1 Å². The second-order valence-electron chi connectivity index (χ2n) is 5.32. The SMILES string of the molecule is CC1CCCC(N(C)C(=O)c2cc(N)ccn2)C1. The van der Waals surface area contributed by atoms with Crippen molar-refractivity contribution in [1.29, 1.82) is 0 Å². The fraction of sp³-hybridized carbons (Fsp3) is 0.571. The highest BCUT2D eigenvalue weighted by Crippen LogP contribution is 2.27. The van der Waals surface area contributed by atoms with Crippen molar-refractivity contribution < 1.29 is 4.79 Å². The number of rotatable bonds is 2. The van der Waals surface area contributed by atoms with E-state index in [9.17, 15) is 4.79 Å². The summed E-state index contributed by atoms with van der Waals surface area (Å²) in [6.07, 6.45) is 6.24. The summed E-state index contributed by atoms with van der Waals surface area (Å²) in [6, 6.07) is 3.68. The number of amides is 1. The monoisotopic (exact) mass is 247 g/mol. The van der Waals surface area contributed by atoms with Crippen LogP contribution in [0.5, 0.6) is 0 Å². The molecule has 1 aliphatic carbocycles. The highest BCUT2D eigenvalue weighted by Gasteiger charge is 2.26. The van der Waals surface area contributed by atoms with Gasteiger partial charge in [-0.25, -0.2) is 0 Å². The maximum absolute atomic E-state index is 12.3. The van der Waals surface area contributed by atoms with Gasteiger partial charge in [-0.3, -0.25) is 9.78 Å². The van der Waals surface area contributed by atoms with Gasteiger partial charge in [0.15, 0.2) is 0 Å². The molecular formula is C14H21N3O. The number of pyridine rings is 1. The maximum atomic E-state index is 12.3. The second kappa shape index (κ2) is 5.38. The Balaban J connectivity index is 2.08. The molecule has 0 saturated heterocycles. The van der Waals surface area contributed by atoms with Gasteiger partial charge in [-0.1, -0.05) is 19.8 Å². The Bertz CT molecular complexity index is 433. The molecule has 1 heterocycles. The van der Waals surface area contributed by atoms with Crippen LogP contribution in [0, 0.1) is 5.92 Å². The fourth-order valence-electron chi connectivity index (χ4n) is 2.66. The maximum Gasteiger partial charge on any atom is 0.272 e. The molecule has 4 nitrogen and oxygen atoms in total. The Hall–Kier alpha value is -1.58. The number of hydrogen-bond acceptors (Lipinski definition) is 3. The molecule has 2 atom stereocenters. The van der Waals surface area contributed by atoms with Crippen molar-refractivity contribution in [3.05, 3.63) is 24.0 Å². The van der Waals surface area contributed by atoms with Crippen LogP contribution < -0.4 is 5.73 Å². The number of nitrogen functional groups attached to an aromatic ring is 1. The van der Waals surface area contributed by atoms with Crippen molar-refractivity contribution in [3.63, 3.8) is 0 Å². The van der Waals surface area contributed by atoms with E-state index in [1.165, 1.54) is 12.8 Å². The third-order valence-electron chi connectivity index (χ3n) is 3.78. The van der Waals surface area contributed by atoms with Crippen molar-refractivity contribution in [2.24, 2.45) is 5.92 Å². The van der Waals surface area contributed by atoms with Crippen LogP contribution in [-0.2, 0) is 0 Å². The minimum absolute atomic E-state index is 0.0265. The summed E-state index contributed by atoms with van der Waals surface area (Å²) in [5.74, 6) is 0.675. The Labute approximate surface area is 108 Å². The molecule has 18 heavy (non-hydrogen) atoms. The molecule has 2 rings (SSSR count). The molecule has 1 aromatic heterocycles. The second-order valence-corrected chi connectivity index (χ2v) is 5.32. The number of carbonyl (C=O) groups is 1. The molecule has 2 N–H and O–H groups in total. The fourth-order valence-corrected chi connectivity index (χ4v) is 2.66. The van der Waals surface area contributed by atoms with E-state index in [1.54, 1.807) is 18.3 Å². The van der Waals surface area contributed by atoms with E-state index in [0.29, 0.717) is 23.3 Å². The third-order valence-corrected chi connectivity index (χ3v) is 3.78. The molecule has 1 aliphatic rings. The van der Waals surface area contributed by atoms with E-state index in [4.69, 9.17) is 5.73 Å². The quantitative estimate of drug-likeness (QED) is 0.872. The van der Waals surface area contributed by atoms with Gasteiger partial charge in [0.2, 0.25) is 0 Å². The van der Waals surface area contributed by atoms with E-state index in [-0.39, 0.29) is 5.91 Å². The van der Waals surface area contributed by atoms with Crippen LogP contribution in [0.4, 0.5) is 5.69 Å². The van der Waals surface area contributed by atoms with Gasteiger partial charge in [0, 0.05) is 25.0 Å². The Morgan fingerprint density at radius 2 is 2.28 bits per heavy atom. The molecule has 0 radical (unpaired) electrons. The molecule has 0 aromatic carbocycles. The van der Waals surface area contributed by atoms with Crippen molar-refractivity contribution in [2.45, 2.75) is 38.6 Å². The van der Waals surface area contributed by atoms with E-state index in [1.807, 2.05) is 11.9 Å². The number of nitrogens with two attached hydrogens (primary N) is 1. The lowest BCUT2D eigenvalue weighted by atomic mass is 9.86. The number of aromatic nitrogens is 1. The smallest absolute Gasteiger partial charge is 0.272 e. The van der Waals surface area contributed by atoms with Crippen LogP contribution in [0.3, 0.4) is 0 Å². The summed E-state index contributed by atoms with van der Waals surface area (Å²) in [5.41, 5.74) is 6.71. The van der Waals surface area contributed by atoms with Crippen LogP contribution in [0.25, 0.3) is 0 Å². The van der Waals surface area contributed by atoms with Gasteiger partial charge in [0.25, 0.3) is 5.91 Å². The molecule has 1 amide bonds.